The maximum atomic E-state index is 12.2. The van der Waals surface area contributed by atoms with Gasteiger partial charge in [-0.25, -0.2) is 0 Å². The number of nitrogens with zero attached hydrogens (tertiary/aromatic N) is 2. The molecule has 1 heterocycles. The first-order valence-corrected chi connectivity index (χ1v) is 8.92. The van der Waals surface area contributed by atoms with E-state index in [0.717, 1.165) is 36.4 Å². The quantitative estimate of drug-likeness (QED) is 0.872. The number of nitrogens with one attached hydrogen (secondary N) is 1. The SMILES string of the molecule is O=C(Nc1nnc(COc2ccc(Cl)cc2)s1)C1CCCCC1. The van der Waals surface area contributed by atoms with Crippen molar-refractivity contribution >= 4 is 34.0 Å². The Kier molecular flexibility index (Phi) is 5.46. The first-order chi connectivity index (χ1) is 11.2. The molecular weight excluding hydrogens is 334 g/mol. The zero-order chi connectivity index (χ0) is 16.1. The lowest BCUT2D eigenvalue weighted by atomic mass is 9.89. The van der Waals surface area contributed by atoms with E-state index in [0.29, 0.717) is 16.8 Å². The highest BCUT2D eigenvalue weighted by atomic mass is 35.5. The van der Waals surface area contributed by atoms with Crippen molar-refractivity contribution in [1.82, 2.24) is 10.2 Å². The van der Waals surface area contributed by atoms with Crippen molar-refractivity contribution in [3.8, 4) is 5.75 Å². The first kappa shape index (κ1) is 16.2. The third kappa shape index (κ3) is 4.65. The molecule has 1 N–H and O–H groups in total. The van der Waals surface area contributed by atoms with Crippen LogP contribution in [0, 0.1) is 5.92 Å². The summed E-state index contributed by atoms with van der Waals surface area (Å²) >= 11 is 7.17. The van der Waals surface area contributed by atoms with Crippen LogP contribution in [0.5, 0.6) is 5.75 Å². The van der Waals surface area contributed by atoms with Crippen molar-refractivity contribution in [2.75, 3.05) is 5.32 Å². The second-order valence-corrected chi connectivity index (χ2v) is 7.07. The van der Waals surface area contributed by atoms with E-state index in [1.54, 1.807) is 24.3 Å². The van der Waals surface area contributed by atoms with E-state index in [1.807, 2.05) is 0 Å². The monoisotopic (exact) mass is 351 g/mol. The van der Waals surface area contributed by atoms with Gasteiger partial charge in [-0.3, -0.25) is 4.79 Å². The normalized spacial score (nSPS) is 15.3. The van der Waals surface area contributed by atoms with E-state index in [1.165, 1.54) is 17.8 Å². The minimum Gasteiger partial charge on any atom is -0.486 e. The molecule has 0 spiro atoms. The second-order valence-electron chi connectivity index (χ2n) is 5.57. The van der Waals surface area contributed by atoms with Gasteiger partial charge in [0.25, 0.3) is 0 Å². The summed E-state index contributed by atoms with van der Waals surface area (Å²) in [5.41, 5.74) is 0. The van der Waals surface area contributed by atoms with Crippen molar-refractivity contribution < 1.29 is 9.53 Å². The zero-order valence-corrected chi connectivity index (χ0v) is 14.2. The number of rotatable bonds is 5. The number of halogens is 1. The lowest BCUT2D eigenvalue weighted by molar-refractivity contribution is -0.120. The molecule has 0 radical (unpaired) electrons. The number of amides is 1. The Morgan fingerprint density at radius 3 is 2.70 bits per heavy atom. The molecule has 1 aliphatic rings. The Labute approximate surface area is 144 Å². The number of aromatic nitrogens is 2. The van der Waals surface area contributed by atoms with Gasteiger partial charge in [-0.05, 0) is 37.1 Å². The Bertz CT molecular complexity index is 654. The molecule has 1 amide bonds. The van der Waals surface area contributed by atoms with Gasteiger partial charge in [-0.2, -0.15) is 0 Å². The Balaban J connectivity index is 1.51. The van der Waals surface area contributed by atoms with Crippen LogP contribution in [0.25, 0.3) is 0 Å². The number of carbonyl (C=O) groups excluding carboxylic acids is 1. The van der Waals surface area contributed by atoms with Crippen LogP contribution in [-0.4, -0.2) is 16.1 Å². The van der Waals surface area contributed by atoms with Gasteiger partial charge in [-0.1, -0.05) is 42.2 Å². The third-order valence-corrected chi connectivity index (χ3v) is 4.91. The van der Waals surface area contributed by atoms with E-state index in [2.05, 4.69) is 15.5 Å². The van der Waals surface area contributed by atoms with Gasteiger partial charge in [0.15, 0.2) is 5.01 Å². The number of carbonyl (C=O) groups is 1. The number of benzene rings is 1. The highest BCUT2D eigenvalue weighted by Crippen LogP contribution is 2.26. The summed E-state index contributed by atoms with van der Waals surface area (Å²) in [6.45, 7) is 0.318. The molecule has 1 aromatic carbocycles. The van der Waals surface area contributed by atoms with Crippen LogP contribution in [-0.2, 0) is 11.4 Å². The fourth-order valence-electron chi connectivity index (χ4n) is 2.61. The molecule has 1 aromatic heterocycles. The summed E-state index contributed by atoms with van der Waals surface area (Å²) < 4.78 is 5.62. The van der Waals surface area contributed by atoms with E-state index < -0.39 is 0 Å². The van der Waals surface area contributed by atoms with Crippen LogP contribution in [0.3, 0.4) is 0 Å². The Morgan fingerprint density at radius 2 is 1.96 bits per heavy atom. The van der Waals surface area contributed by atoms with Gasteiger partial charge < -0.3 is 10.1 Å². The van der Waals surface area contributed by atoms with Crippen LogP contribution >= 0.6 is 22.9 Å². The largest absolute Gasteiger partial charge is 0.486 e. The van der Waals surface area contributed by atoms with Crippen molar-refractivity contribution in [3.63, 3.8) is 0 Å². The van der Waals surface area contributed by atoms with Crippen LogP contribution in [0.4, 0.5) is 5.13 Å². The standard InChI is InChI=1S/C16H18ClN3O2S/c17-12-6-8-13(9-7-12)22-10-14-19-20-16(23-14)18-15(21)11-4-2-1-3-5-11/h6-9,11H,1-5,10H2,(H,18,20,21). The molecule has 0 aliphatic heterocycles. The molecule has 2 aromatic rings. The molecule has 0 unspecified atom stereocenters. The summed E-state index contributed by atoms with van der Waals surface area (Å²) in [7, 11) is 0. The van der Waals surface area contributed by atoms with Gasteiger partial charge in [0.2, 0.25) is 11.0 Å². The number of ether oxygens (including phenoxy) is 1. The van der Waals surface area contributed by atoms with Crippen LogP contribution in [0.1, 0.15) is 37.1 Å². The lowest BCUT2D eigenvalue weighted by Crippen LogP contribution is -2.24. The summed E-state index contributed by atoms with van der Waals surface area (Å²) in [4.78, 5) is 12.2. The molecule has 23 heavy (non-hydrogen) atoms. The fourth-order valence-corrected chi connectivity index (χ4v) is 3.39. The van der Waals surface area contributed by atoms with Crippen molar-refractivity contribution in [2.45, 2.75) is 38.7 Å². The average Bonchev–Trinajstić information content (AvgIpc) is 3.02. The molecule has 1 aliphatic carbocycles. The first-order valence-electron chi connectivity index (χ1n) is 7.72. The molecule has 1 fully saturated rings. The molecular formula is C16H18ClN3O2S. The van der Waals surface area contributed by atoms with Gasteiger partial charge in [0.05, 0.1) is 0 Å². The van der Waals surface area contributed by atoms with Crippen molar-refractivity contribution in [1.29, 1.82) is 0 Å². The molecule has 0 bridgehead atoms. The van der Waals surface area contributed by atoms with E-state index in [4.69, 9.17) is 16.3 Å². The predicted octanol–water partition coefficient (Wildman–Crippen LogP) is 4.29. The summed E-state index contributed by atoms with van der Waals surface area (Å²) in [5.74, 6) is 0.893. The third-order valence-electron chi connectivity index (χ3n) is 3.85. The van der Waals surface area contributed by atoms with E-state index >= 15 is 0 Å². The van der Waals surface area contributed by atoms with Crippen LogP contribution in [0.15, 0.2) is 24.3 Å². The number of hydrogen-bond acceptors (Lipinski definition) is 5. The molecule has 3 rings (SSSR count). The highest BCUT2D eigenvalue weighted by molar-refractivity contribution is 7.15. The second kappa shape index (κ2) is 7.75. The van der Waals surface area contributed by atoms with Gasteiger partial charge in [-0.15, -0.1) is 10.2 Å². The van der Waals surface area contributed by atoms with E-state index in [9.17, 15) is 4.79 Å². The minimum absolute atomic E-state index is 0.0611. The summed E-state index contributed by atoms with van der Waals surface area (Å²) in [6.07, 6.45) is 5.44. The topological polar surface area (TPSA) is 64.1 Å². The molecule has 0 atom stereocenters. The molecule has 1 saturated carbocycles. The maximum Gasteiger partial charge on any atom is 0.229 e. The highest BCUT2D eigenvalue weighted by Gasteiger charge is 2.22. The zero-order valence-electron chi connectivity index (χ0n) is 12.6. The van der Waals surface area contributed by atoms with E-state index in [-0.39, 0.29) is 11.8 Å². The summed E-state index contributed by atoms with van der Waals surface area (Å²) in [5, 5.41) is 12.9. The van der Waals surface area contributed by atoms with Gasteiger partial charge in [0.1, 0.15) is 12.4 Å². The molecule has 5 nitrogen and oxygen atoms in total. The summed E-state index contributed by atoms with van der Waals surface area (Å²) in [6, 6.07) is 7.14. The molecule has 0 saturated heterocycles. The Hall–Kier alpha value is -1.66. The molecule has 7 heteroatoms. The molecule has 122 valence electrons. The number of hydrogen-bond donors (Lipinski definition) is 1. The van der Waals surface area contributed by atoms with Gasteiger partial charge in [0, 0.05) is 10.9 Å². The van der Waals surface area contributed by atoms with Crippen LogP contribution in [0.2, 0.25) is 5.02 Å². The lowest BCUT2D eigenvalue weighted by Gasteiger charge is -2.19. The maximum absolute atomic E-state index is 12.2. The smallest absolute Gasteiger partial charge is 0.229 e. The van der Waals surface area contributed by atoms with Crippen LogP contribution < -0.4 is 10.1 Å². The van der Waals surface area contributed by atoms with Crippen molar-refractivity contribution in [2.24, 2.45) is 5.92 Å². The van der Waals surface area contributed by atoms with Crippen molar-refractivity contribution in [3.05, 3.63) is 34.3 Å². The van der Waals surface area contributed by atoms with Gasteiger partial charge >= 0.3 is 0 Å². The predicted molar refractivity (Wildman–Crippen MR) is 90.9 cm³/mol. The fraction of sp³-hybridized carbons (Fsp3) is 0.438. The number of anilines is 1. The average molecular weight is 352 g/mol. The minimum atomic E-state index is 0.0611. The Morgan fingerprint density at radius 1 is 1.22 bits per heavy atom.